The number of fused-ring (bicyclic) bond motifs is 2. The molecule has 5 aromatic rings. The van der Waals surface area contributed by atoms with E-state index in [0.29, 0.717) is 28.3 Å². The second-order valence-corrected chi connectivity index (χ2v) is 9.57. The van der Waals surface area contributed by atoms with Gasteiger partial charge in [0.1, 0.15) is 22.7 Å². The van der Waals surface area contributed by atoms with E-state index in [1.165, 1.54) is 6.07 Å². The van der Waals surface area contributed by atoms with Crippen molar-refractivity contribution in [3.63, 3.8) is 0 Å². The SMILES string of the molecule is COc1cc(O)ccc1-c1ccc2c(-c3nc4c(S(=O)(=O)CCO)cccc4[nH]3)n[nH]c2c1. The van der Waals surface area contributed by atoms with Crippen LogP contribution >= 0.6 is 0 Å². The molecule has 2 aromatic heterocycles. The van der Waals surface area contributed by atoms with Gasteiger partial charge in [-0.05, 0) is 42.0 Å². The molecule has 4 N–H and O–H groups in total. The molecule has 0 radical (unpaired) electrons. The van der Waals surface area contributed by atoms with Gasteiger partial charge in [-0.2, -0.15) is 5.10 Å². The quantitative estimate of drug-likeness (QED) is 0.302. The molecule has 5 rings (SSSR count). The van der Waals surface area contributed by atoms with Gasteiger partial charge in [0, 0.05) is 17.0 Å². The maximum Gasteiger partial charge on any atom is 0.182 e. The first-order chi connectivity index (χ1) is 15.9. The molecule has 0 spiro atoms. The number of benzene rings is 3. The van der Waals surface area contributed by atoms with Crippen LogP contribution in [0.3, 0.4) is 0 Å². The molecule has 0 amide bonds. The Morgan fingerprint density at radius 2 is 1.91 bits per heavy atom. The number of aliphatic hydroxyl groups excluding tert-OH is 1. The van der Waals surface area contributed by atoms with Gasteiger partial charge in [0.2, 0.25) is 0 Å². The van der Waals surface area contributed by atoms with E-state index in [2.05, 4.69) is 20.2 Å². The molecule has 33 heavy (non-hydrogen) atoms. The number of nitrogens with one attached hydrogen (secondary N) is 2. The lowest BCUT2D eigenvalue weighted by Crippen LogP contribution is -2.10. The smallest absolute Gasteiger partial charge is 0.182 e. The van der Waals surface area contributed by atoms with Gasteiger partial charge in [-0.3, -0.25) is 5.10 Å². The number of H-pyrrole nitrogens is 2. The molecule has 2 heterocycles. The van der Waals surface area contributed by atoms with Crippen LogP contribution in [0.5, 0.6) is 11.5 Å². The molecule has 0 aliphatic carbocycles. The van der Waals surface area contributed by atoms with E-state index in [0.717, 1.165) is 22.0 Å². The molecule has 0 aliphatic rings. The first-order valence-corrected chi connectivity index (χ1v) is 11.7. The highest BCUT2D eigenvalue weighted by molar-refractivity contribution is 7.91. The summed E-state index contributed by atoms with van der Waals surface area (Å²) in [6, 6.07) is 15.5. The predicted octanol–water partition coefficient (Wildman–Crippen LogP) is 3.25. The van der Waals surface area contributed by atoms with E-state index in [4.69, 9.17) is 9.84 Å². The van der Waals surface area contributed by atoms with Crippen molar-refractivity contribution in [3.05, 3.63) is 54.6 Å². The van der Waals surface area contributed by atoms with Gasteiger partial charge >= 0.3 is 0 Å². The van der Waals surface area contributed by atoms with E-state index >= 15 is 0 Å². The minimum absolute atomic E-state index is 0.0677. The molecule has 0 unspecified atom stereocenters. The molecule has 0 bridgehead atoms. The molecule has 0 saturated carbocycles. The Morgan fingerprint density at radius 3 is 2.70 bits per heavy atom. The summed E-state index contributed by atoms with van der Waals surface area (Å²) in [5.41, 5.74) is 3.86. The number of nitrogens with zero attached hydrogens (tertiary/aromatic N) is 2. The van der Waals surface area contributed by atoms with Crippen molar-refractivity contribution in [2.75, 3.05) is 19.5 Å². The number of methoxy groups -OCH3 is 1. The summed E-state index contributed by atoms with van der Waals surface area (Å²) in [7, 11) is -2.13. The van der Waals surface area contributed by atoms with Crippen LogP contribution in [0.4, 0.5) is 0 Å². The summed E-state index contributed by atoms with van der Waals surface area (Å²) in [5.74, 6) is 0.718. The number of aromatic hydroxyl groups is 1. The van der Waals surface area contributed by atoms with Gasteiger partial charge in [-0.1, -0.05) is 12.1 Å². The molecule has 10 heteroatoms. The molecule has 0 aliphatic heterocycles. The Balaban J connectivity index is 1.61. The number of imidazole rings is 1. The van der Waals surface area contributed by atoms with Crippen LogP contribution in [0.15, 0.2) is 59.5 Å². The lowest BCUT2D eigenvalue weighted by Gasteiger charge is -2.09. The third-order valence-corrected chi connectivity index (χ3v) is 7.17. The summed E-state index contributed by atoms with van der Waals surface area (Å²) in [6.45, 7) is -0.464. The number of aliphatic hydroxyl groups is 1. The van der Waals surface area contributed by atoms with Crippen molar-refractivity contribution in [2.24, 2.45) is 0 Å². The number of aromatic amines is 2. The summed E-state index contributed by atoms with van der Waals surface area (Å²) in [4.78, 5) is 7.74. The molecule has 168 valence electrons. The van der Waals surface area contributed by atoms with Crippen molar-refractivity contribution >= 4 is 31.8 Å². The number of aromatic nitrogens is 4. The summed E-state index contributed by atoms with van der Waals surface area (Å²) in [6.07, 6.45) is 0. The number of ether oxygens (including phenoxy) is 1. The predicted molar refractivity (Wildman–Crippen MR) is 124 cm³/mol. The minimum Gasteiger partial charge on any atom is -0.508 e. The Bertz CT molecular complexity index is 1600. The Kier molecular flexibility index (Phi) is 5.03. The second kappa shape index (κ2) is 7.91. The third kappa shape index (κ3) is 3.59. The highest BCUT2D eigenvalue weighted by Crippen LogP contribution is 2.36. The monoisotopic (exact) mass is 464 g/mol. The van der Waals surface area contributed by atoms with Crippen LogP contribution in [0.2, 0.25) is 0 Å². The number of para-hydroxylation sites is 1. The lowest BCUT2D eigenvalue weighted by atomic mass is 10.0. The topological polar surface area (TPSA) is 141 Å². The molecule has 0 fully saturated rings. The van der Waals surface area contributed by atoms with E-state index in [9.17, 15) is 13.5 Å². The van der Waals surface area contributed by atoms with Gasteiger partial charge in [-0.15, -0.1) is 0 Å². The van der Waals surface area contributed by atoms with Gasteiger partial charge in [0.15, 0.2) is 15.7 Å². The van der Waals surface area contributed by atoms with E-state index < -0.39 is 16.4 Å². The van der Waals surface area contributed by atoms with Crippen molar-refractivity contribution in [3.8, 4) is 34.1 Å². The Labute approximate surface area is 188 Å². The molecular formula is C23H20N4O5S. The second-order valence-electron chi connectivity index (χ2n) is 7.50. The van der Waals surface area contributed by atoms with Gasteiger partial charge < -0.3 is 19.9 Å². The standard InChI is InChI=1S/C23H20N4O5S/c1-32-19-12-14(29)6-8-15(19)13-5-7-16-18(11-13)26-27-21(16)23-24-17-3-2-4-20(22(17)25-23)33(30,31)10-9-28/h2-8,11-12,28-29H,9-10H2,1H3,(H,24,25)(H,26,27). The van der Waals surface area contributed by atoms with Crippen molar-refractivity contribution in [1.29, 1.82) is 0 Å². The number of hydrogen-bond donors (Lipinski definition) is 4. The average Bonchev–Trinajstić information content (AvgIpc) is 3.42. The fourth-order valence-corrected chi connectivity index (χ4v) is 5.08. The summed E-state index contributed by atoms with van der Waals surface area (Å²) in [5, 5.41) is 27.0. The van der Waals surface area contributed by atoms with Crippen LogP contribution in [0.1, 0.15) is 0 Å². The fourth-order valence-electron chi connectivity index (χ4n) is 3.89. The third-order valence-electron chi connectivity index (χ3n) is 5.45. The lowest BCUT2D eigenvalue weighted by molar-refractivity contribution is 0.319. The van der Waals surface area contributed by atoms with Gasteiger partial charge in [0.25, 0.3) is 0 Å². The first-order valence-electron chi connectivity index (χ1n) is 10.1. The molecular weight excluding hydrogens is 444 g/mol. The highest BCUT2D eigenvalue weighted by atomic mass is 32.2. The Morgan fingerprint density at radius 1 is 1.06 bits per heavy atom. The van der Waals surface area contributed by atoms with Crippen LogP contribution in [-0.4, -0.2) is 58.3 Å². The zero-order chi connectivity index (χ0) is 23.2. The minimum atomic E-state index is -3.67. The van der Waals surface area contributed by atoms with Crippen molar-refractivity contribution in [1.82, 2.24) is 20.2 Å². The number of rotatable bonds is 6. The normalized spacial score (nSPS) is 11.9. The van der Waals surface area contributed by atoms with Crippen LogP contribution in [-0.2, 0) is 9.84 Å². The van der Waals surface area contributed by atoms with Crippen LogP contribution in [0, 0.1) is 0 Å². The molecule has 0 atom stereocenters. The highest BCUT2D eigenvalue weighted by Gasteiger charge is 2.21. The maximum atomic E-state index is 12.5. The number of phenols is 1. The van der Waals surface area contributed by atoms with Crippen molar-refractivity contribution in [2.45, 2.75) is 4.90 Å². The zero-order valence-electron chi connectivity index (χ0n) is 17.5. The maximum absolute atomic E-state index is 12.5. The Hall–Kier alpha value is -3.89. The zero-order valence-corrected chi connectivity index (χ0v) is 18.3. The van der Waals surface area contributed by atoms with E-state index in [1.54, 1.807) is 37.4 Å². The largest absolute Gasteiger partial charge is 0.508 e. The average molecular weight is 465 g/mol. The van der Waals surface area contributed by atoms with Crippen LogP contribution in [0.25, 0.3) is 44.6 Å². The number of hydrogen-bond acceptors (Lipinski definition) is 7. The van der Waals surface area contributed by atoms with Gasteiger partial charge in [-0.25, -0.2) is 13.4 Å². The first kappa shape index (κ1) is 21.0. The summed E-state index contributed by atoms with van der Waals surface area (Å²) < 4.78 is 30.5. The van der Waals surface area contributed by atoms with Crippen molar-refractivity contribution < 1.29 is 23.4 Å². The number of phenolic OH excluding ortho intramolecular Hbond substituents is 1. The molecule has 3 aromatic carbocycles. The van der Waals surface area contributed by atoms with Gasteiger partial charge in [0.05, 0.1) is 35.4 Å². The molecule has 9 nitrogen and oxygen atoms in total. The fraction of sp³-hybridized carbons (Fsp3) is 0.130. The van der Waals surface area contributed by atoms with E-state index in [-0.39, 0.29) is 16.4 Å². The van der Waals surface area contributed by atoms with E-state index in [1.807, 2.05) is 18.2 Å². The summed E-state index contributed by atoms with van der Waals surface area (Å²) >= 11 is 0. The molecule has 0 saturated heterocycles. The number of sulfone groups is 1. The van der Waals surface area contributed by atoms with Crippen LogP contribution < -0.4 is 4.74 Å².